The van der Waals surface area contributed by atoms with Gasteiger partial charge in [0.1, 0.15) is 19.3 Å². The number of hydrogen-bond donors (Lipinski definition) is 0. The molecule has 0 aliphatic carbocycles. The minimum absolute atomic E-state index is 0.0402. The molecule has 0 aromatic rings. The van der Waals surface area contributed by atoms with Crippen LogP contribution < -0.4 is 0 Å². The van der Waals surface area contributed by atoms with Crippen molar-refractivity contribution in [2.24, 2.45) is 0 Å². The van der Waals surface area contributed by atoms with Crippen LogP contribution in [-0.4, -0.2) is 67.8 Å². The van der Waals surface area contributed by atoms with Crippen LogP contribution in [0.25, 0.3) is 0 Å². The van der Waals surface area contributed by atoms with Gasteiger partial charge in [-0.25, -0.2) is 0 Å². The van der Waals surface area contributed by atoms with E-state index in [-0.39, 0.29) is 13.2 Å². The van der Waals surface area contributed by atoms with Gasteiger partial charge in [0.25, 0.3) is 0 Å². The summed E-state index contributed by atoms with van der Waals surface area (Å²) in [5.41, 5.74) is 0. The smallest absolute Gasteiger partial charge is 0.303 e. The highest BCUT2D eigenvalue weighted by atomic mass is 16.7. The molecule has 0 aromatic heterocycles. The molecular weight excluding hydrogens is 436 g/mol. The molecule has 5 atom stereocenters. The first-order valence-corrected chi connectivity index (χ1v) is 11.0. The molecule has 1 heterocycles. The Kier molecular flexibility index (Phi) is 13.1. The van der Waals surface area contributed by atoms with E-state index in [1.54, 1.807) is 0 Å². The minimum atomic E-state index is -1.25. The van der Waals surface area contributed by atoms with Crippen LogP contribution in [0.5, 0.6) is 0 Å². The summed E-state index contributed by atoms with van der Waals surface area (Å²) in [4.78, 5) is 46.5. The molecule has 0 spiro atoms. The molecule has 0 bridgehead atoms. The fourth-order valence-corrected chi connectivity index (χ4v) is 3.23. The third-order valence-corrected chi connectivity index (χ3v) is 4.55. The SMILES string of the molecule is CCCCCCC#CCO[C@@H]1O[C@H](COC(C)=O)[C@@H](OC(C)=O)[C@H](OC(C)=O)[C@H]1OC(C)=O. The van der Waals surface area contributed by atoms with Gasteiger partial charge in [0, 0.05) is 34.1 Å². The summed E-state index contributed by atoms with van der Waals surface area (Å²) in [7, 11) is 0. The Bertz CT molecular complexity index is 722. The molecule has 1 fully saturated rings. The van der Waals surface area contributed by atoms with Crippen LogP contribution in [-0.2, 0) is 47.6 Å². The number of hydrogen-bond acceptors (Lipinski definition) is 10. The summed E-state index contributed by atoms with van der Waals surface area (Å²) in [5, 5.41) is 0. The molecule has 1 aliphatic rings. The first-order valence-electron chi connectivity index (χ1n) is 11.0. The first-order chi connectivity index (χ1) is 15.6. The van der Waals surface area contributed by atoms with Gasteiger partial charge >= 0.3 is 23.9 Å². The van der Waals surface area contributed by atoms with E-state index >= 15 is 0 Å². The Morgan fingerprint density at radius 1 is 0.758 bits per heavy atom. The Morgan fingerprint density at radius 2 is 1.36 bits per heavy atom. The third-order valence-electron chi connectivity index (χ3n) is 4.55. The van der Waals surface area contributed by atoms with Crippen molar-refractivity contribution in [3.05, 3.63) is 0 Å². The summed E-state index contributed by atoms with van der Waals surface area (Å²) in [6, 6.07) is 0. The summed E-state index contributed by atoms with van der Waals surface area (Å²) < 4.78 is 32.5. The largest absolute Gasteiger partial charge is 0.463 e. The lowest BCUT2D eigenvalue weighted by molar-refractivity contribution is -0.305. The van der Waals surface area contributed by atoms with E-state index in [4.69, 9.17) is 28.4 Å². The highest BCUT2D eigenvalue weighted by Crippen LogP contribution is 2.29. The zero-order valence-electron chi connectivity index (χ0n) is 19.9. The van der Waals surface area contributed by atoms with Gasteiger partial charge in [-0.15, -0.1) is 5.92 Å². The van der Waals surface area contributed by atoms with Crippen molar-refractivity contribution in [2.45, 2.75) is 97.4 Å². The van der Waals surface area contributed by atoms with E-state index in [0.29, 0.717) is 0 Å². The predicted octanol–water partition coefficient (Wildman–Crippen LogP) is 2.06. The quantitative estimate of drug-likeness (QED) is 0.192. The van der Waals surface area contributed by atoms with Crippen molar-refractivity contribution in [3.63, 3.8) is 0 Å². The number of carbonyl (C=O) groups excluding carboxylic acids is 4. The van der Waals surface area contributed by atoms with Crippen LogP contribution in [0.2, 0.25) is 0 Å². The molecule has 10 nitrogen and oxygen atoms in total. The first kappa shape index (κ1) is 28.4. The molecule has 10 heteroatoms. The molecular formula is C23H34O10. The molecule has 1 saturated heterocycles. The third kappa shape index (κ3) is 11.2. The lowest BCUT2D eigenvalue weighted by Gasteiger charge is -2.43. The average molecular weight is 471 g/mol. The van der Waals surface area contributed by atoms with Crippen molar-refractivity contribution in [2.75, 3.05) is 13.2 Å². The van der Waals surface area contributed by atoms with Gasteiger partial charge in [-0.2, -0.15) is 0 Å². The van der Waals surface area contributed by atoms with E-state index in [1.165, 1.54) is 13.8 Å². The summed E-state index contributed by atoms with van der Waals surface area (Å²) >= 11 is 0. The van der Waals surface area contributed by atoms with Crippen molar-refractivity contribution in [1.29, 1.82) is 0 Å². The second kappa shape index (κ2) is 15.2. The van der Waals surface area contributed by atoms with Gasteiger partial charge in [0.15, 0.2) is 24.6 Å². The standard InChI is InChI=1S/C23H34O10/c1-6-7-8-9-10-11-12-13-28-23-22(32-18(5)27)21(31-17(4)26)20(30-16(3)25)19(33-23)14-29-15(2)24/h19-23H,6-10,13-14H2,1-5H3/t19-,20-,21+,22-,23-/m1/s1. The maximum Gasteiger partial charge on any atom is 0.303 e. The molecule has 186 valence electrons. The van der Waals surface area contributed by atoms with Crippen LogP contribution >= 0.6 is 0 Å². The fourth-order valence-electron chi connectivity index (χ4n) is 3.23. The van der Waals surface area contributed by atoms with Crippen molar-refractivity contribution < 1.29 is 47.6 Å². The van der Waals surface area contributed by atoms with Crippen LogP contribution in [0.4, 0.5) is 0 Å². The van der Waals surface area contributed by atoms with E-state index in [0.717, 1.165) is 46.0 Å². The van der Waals surface area contributed by atoms with E-state index in [9.17, 15) is 19.2 Å². The van der Waals surface area contributed by atoms with Crippen molar-refractivity contribution >= 4 is 23.9 Å². The minimum Gasteiger partial charge on any atom is -0.463 e. The maximum absolute atomic E-state index is 11.8. The Hall–Kier alpha value is -2.64. The zero-order chi connectivity index (χ0) is 24.8. The monoisotopic (exact) mass is 470 g/mol. The number of esters is 4. The molecule has 0 N–H and O–H groups in total. The van der Waals surface area contributed by atoms with E-state index < -0.39 is 54.6 Å². The number of rotatable bonds is 11. The molecule has 0 radical (unpaired) electrons. The zero-order valence-corrected chi connectivity index (χ0v) is 19.9. The van der Waals surface area contributed by atoms with Gasteiger partial charge in [-0.05, 0) is 6.42 Å². The topological polar surface area (TPSA) is 124 Å². The maximum atomic E-state index is 11.8. The highest BCUT2D eigenvalue weighted by molar-refractivity contribution is 5.68. The Labute approximate surface area is 194 Å². The van der Waals surface area contributed by atoms with Crippen molar-refractivity contribution in [1.82, 2.24) is 0 Å². The number of carbonyl (C=O) groups is 4. The predicted molar refractivity (Wildman–Crippen MR) is 114 cm³/mol. The number of ether oxygens (including phenoxy) is 6. The van der Waals surface area contributed by atoms with Crippen LogP contribution in [0.15, 0.2) is 0 Å². The summed E-state index contributed by atoms with van der Waals surface area (Å²) in [6.45, 7) is 6.48. The molecule has 1 rings (SSSR count). The Morgan fingerprint density at radius 3 is 1.94 bits per heavy atom. The molecule has 0 saturated carbocycles. The fraction of sp³-hybridized carbons (Fsp3) is 0.739. The van der Waals surface area contributed by atoms with E-state index in [2.05, 4.69) is 18.8 Å². The van der Waals surface area contributed by atoms with Gasteiger partial charge in [-0.3, -0.25) is 19.2 Å². The van der Waals surface area contributed by atoms with Crippen LogP contribution in [0, 0.1) is 11.8 Å². The highest BCUT2D eigenvalue weighted by Gasteiger charge is 2.52. The average Bonchev–Trinajstić information content (AvgIpc) is 2.71. The lowest BCUT2D eigenvalue weighted by atomic mass is 9.98. The molecule has 0 amide bonds. The van der Waals surface area contributed by atoms with Crippen LogP contribution in [0.1, 0.15) is 66.7 Å². The summed E-state index contributed by atoms with van der Waals surface area (Å²) in [5.74, 6) is 3.22. The van der Waals surface area contributed by atoms with Gasteiger partial charge in [0.2, 0.25) is 0 Å². The van der Waals surface area contributed by atoms with Gasteiger partial charge < -0.3 is 28.4 Å². The van der Waals surface area contributed by atoms with Gasteiger partial charge in [-0.1, -0.05) is 32.1 Å². The Balaban J connectivity index is 3.05. The molecule has 1 aliphatic heterocycles. The lowest BCUT2D eigenvalue weighted by Crippen LogP contribution is -2.63. The molecule has 33 heavy (non-hydrogen) atoms. The normalized spacial score (nSPS) is 24.1. The van der Waals surface area contributed by atoms with Crippen LogP contribution in [0.3, 0.4) is 0 Å². The molecule has 0 aromatic carbocycles. The van der Waals surface area contributed by atoms with Crippen molar-refractivity contribution in [3.8, 4) is 11.8 Å². The second-order valence-electron chi connectivity index (χ2n) is 7.54. The number of unbranched alkanes of at least 4 members (excludes halogenated alkanes) is 4. The summed E-state index contributed by atoms with van der Waals surface area (Å²) in [6.07, 6.45) is -0.844. The molecule has 0 unspecified atom stereocenters. The second-order valence-corrected chi connectivity index (χ2v) is 7.54. The van der Waals surface area contributed by atoms with E-state index in [1.807, 2.05) is 0 Å². The van der Waals surface area contributed by atoms with Gasteiger partial charge in [0.05, 0.1) is 0 Å².